The number of hydrogen-bond donors (Lipinski definition) is 0. The first kappa shape index (κ1) is 13.9. The maximum Gasteiger partial charge on any atom is 0.316 e. The smallest absolute Gasteiger partial charge is 0.316 e. The molecule has 0 spiro atoms. The minimum atomic E-state index is -0.735. The zero-order valence-corrected chi connectivity index (χ0v) is 11.7. The van der Waals surface area contributed by atoms with Crippen LogP contribution in [0.1, 0.15) is 13.3 Å². The maximum absolute atomic E-state index is 12.3. The van der Waals surface area contributed by atoms with Crippen LogP contribution in [-0.2, 0) is 14.3 Å². The van der Waals surface area contributed by atoms with E-state index in [2.05, 4.69) is 4.74 Å². The van der Waals surface area contributed by atoms with Gasteiger partial charge in [0.25, 0.3) is 0 Å². The van der Waals surface area contributed by atoms with Crippen LogP contribution in [0.3, 0.4) is 0 Å². The normalized spacial score (nSPS) is 18.9. The van der Waals surface area contributed by atoms with Crippen molar-refractivity contribution in [3.8, 4) is 5.75 Å². The lowest BCUT2D eigenvalue weighted by molar-refractivity contribution is -0.151. The highest BCUT2D eigenvalue weighted by molar-refractivity contribution is 7.99. The van der Waals surface area contributed by atoms with Crippen molar-refractivity contribution in [2.24, 2.45) is 5.92 Å². The van der Waals surface area contributed by atoms with Crippen LogP contribution in [0.25, 0.3) is 0 Å². The van der Waals surface area contributed by atoms with Crippen molar-refractivity contribution in [1.82, 2.24) is 0 Å². The van der Waals surface area contributed by atoms with E-state index in [9.17, 15) is 9.59 Å². The van der Waals surface area contributed by atoms with E-state index in [0.29, 0.717) is 17.9 Å². The van der Waals surface area contributed by atoms with Gasteiger partial charge in [0.2, 0.25) is 0 Å². The van der Waals surface area contributed by atoms with Crippen LogP contribution in [0.5, 0.6) is 5.75 Å². The highest BCUT2D eigenvalue weighted by Gasteiger charge is 2.35. The summed E-state index contributed by atoms with van der Waals surface area (Å²) in [4.78, 5) is 24.9. The summed E-state index contributed by atoms with van der Waals surface area (Å²) in [7, 11) is 1.30. The third-order valence-electron chi connectivity index (χ3n) is 3.06. The van der Waals surface area contributed by atoms with E-state index < -0.39 is 18.0 Å². The molecule has 0 fully saturated rings. The second-order valence-corrected chi connectivity index (χ2v) is 5.31. The number of hydrogen-bond acceptors (Lipinski definition) is 5. The Kier molecular flexibility index (Phi) is 4.47. The average molecular weight is 280 g/mol. The van der Waals surface area contributed by atoms with E-state index in [4.69, 9.17) is 4.74 Å². The number of methoxy groups -OCH3 is 1. The molecule has 0 aliphatic carbocycles. The highest BCUT2D eigenvalue weighted by atomic mass is 32.2. The largest absolute Gasteiger partial charge is 0.481 e. The Bertz CT molecular complexity index is 486. The van der Waals surface area contributed by atoms with Gasteiger partial charge in [-0.2, -0.15) is 0 Å². The molecule has 0 saturated carbocycles. The standard InChI is InChI=1S/C14H16O4S/c1-3-9(14(16)17-2)13(15)11-8-19-12-7-5-4-6-10(12)18-11/h4-7,9,11H,3,8H2,1-2H3. The quantitative estimate of drug-likeness (QED) is 0.626. The molecule has 0 bridgehead atoms. The molecule has 0 amide bonds. The van der Waals surface area contributed by atoms with Crippen molar-refractivity contribution in [1.29, 1.82) is 0 Å². The van der Waals surface area contributed by atoms with E-state index in [-0.39, 0.29) is 5.78 Å². The number of carbonyl (C=O) groups excluding carboxylic acids is 2. The molecular weight excluding hydrogens is 264 g/mol. The molecule has 2 atom stereocenters. The summed E-state index contributed by atoms with van der Waals surface area (Å²) in [6, 6.07) is 7.59. The van der Waals surface area contributed by atoms with Crippen molar-refractivity contribution in [2.75, 3.05) is 12.9 Å². The number of benzene rings is 1. The number of esters is 1. The number of carbonyl (C=O) groups is 2. The zero-order valence-electron chi connectivity index (χ0n) is 10.9. The summed E-state index contributed by atoms with van der Waals surface area (Å²) < 4.78 is 10.4. The van der Waals surface area contributed by atoms with E-state index in [0.717, 1.165) is 4.90 Å². The van der Waals surface area contributed by atoms with Gasteiger partial charge >= 0.3 is 5.97 Å². The van der Waals surface area contributed by atoms with Crippen LogP contribution in [0.15, 0.2) is 29.2 Å². The molecule has 4 nitrogen and oxygen atoms in total. The lowest BCUT2D eigenvalue weighted by Crippen LogP contribution is -2.40. The van der Waals surface area contributed by atoms with Gasteiger partial charge in [0.15, 0.2) is 11.9 Å². The first-order valence-electron chi connectivity index (χ1n) is 6.17. The van der Waals surface area contributed by atoms with Gasteiger partial charge in [-0.25, -0.2) is 0 Å². The third kappa shape index (κ3) is 2.92. The lowest BCUT2D eigenvalue weighted by atomic mass is 9.97. The van der Waals surface area contributed by atoms with Gasteiger partial charge in [-0.3, -0.25) is 9.59 Å². The van der Waals surface area contributed by atoms with Crippen LogP contribution >= 0.6 is 11.8 Å². The molecule has 1 aliphatic heterocycles. The molecule has 1 heterocycles. The van der Waals surface area contributed by atoms with E-state index >= 15 is 0 Å². The summed E-state index contributed by atoms with van der Waals surface area (Å²) >= 11 is 1.57. The number of fused-ring (bicyclic) bond motifs is 1. The number of ketones is 1. The fraction of sp³-hybridized carbons (Fsp3) is 0.429. The Morgan fingerprint density at radius 1 is 1.47 bits per heavy atom. The predicted octanol–water partition coefficient (Wildman–Crippen LogP) is 2.31. The summed E-state index contributed by atoms with van der Waals surface area (Å²) in [6.07, 6.45) is -0.151. The van der Waals surface area contributed by atoms with Crippen molar-refractivity contribution in [2.45, 2.75) is 24.3 Å². The summed E-state index contributed by atoms with van der Waals surface area (Å²) in [5.74, 6) is -0.183. The van der Waals surface area contributed by atoms with Gasteiger partial charge in [-0.1, -0.05) is 19.1 Å². The van der Waals surface area contributed by atoms with Crippen molar-refractivity contribution < 1.29 is 19.1 Å². The zero-order chi connectivity index (χ0) is 13.8. The number of ether oxygens (including phenoxy) is 2. The van der Waals surface area contributed by atoms with Crippen molar-refractivity contribution in [3.63, 3.8) is 0 Å². The maximum atomic E-state index is 12.3. The molecule has 0 saturated heterocycles. The van der Waals surface area contributed by atoms with Gasteiger partial charge in [0, 0.05) is 10.6 Å². The van der Waals surface area contributed by atoms with Gasteiger partial charge < -0.3 is 9.47 Å². The molecule has 19 heavy (non-hydrogen) atoms. The van der Waals surface area contributed by atoms with Gasteiger partial charge in [0.05, 0.1) is 7.11 Å². The SMILES string of the molecule is CCC(C(=O)OC)C(=O)C1CSc2ccccc2O1. The molecule has 1 aromatic carbocycles. The third-order valence-corrected chi connectivity index (χ3v) is 4.18. The van der Waals surface area contributed by atoms with Crippen LogP contribution in [0.4, 0.5) is 0 Å². The van der Waals surface area contributed by atoms with Gasteiger partial charge in [0.1, 0.15) is 11.7 Å². The molecule has 0 radical (unpaired) electrons. The molecule has 0 N–H and O–H groups in total. The van der Waals surface area contributed by atoms with Crippen molar-refractivity contribution >= 4 is 23.5 Å². The summed E-state index contributed by atoms with van der Waals surface area (Å²) in [5.41, 5.74) is 0. The number of rotatable bonds is 4. The van der Waals surface area contributed by atoms with Crippen LogP contribution < -0.4 is 4.74 Å². The predicted molar refractivity (Wildman–Crippen MR) is 72.4 cm³/mol. The molecule has 1 aliphatic rings. The van der Waals surface area contributed by atoms with Crippen LogP contribution in [0.2, 0.25) is 0 Å². The molecule has 1 aromatic rings. The molecule has 2 rings (SSSR count). The molecule has 102 valence electrons. The Hall–Kier alpha value is -1.49. The van der Waals surface area contributed by atoms with Gasteiger partial charge in [-0.05, 0) is 18.6 Å². The first-order valence-corrected chi connectivity index (χ1v) is 7.16. The fourth-order valence-electron chi connectivity index (χ4n) is 2.01. The second-order valence-electron chi connectivity index (χ2n) is 4.25. The topological polar surface area (TPSA) is 52.6 Å². The fourth-order valence-corrected chi connectivity index (χ4v) is 3.01. The molecule has 5 heteroatoms. The lowest BCUT2D eigenvalue weighted by Gasteiger charge is -2.26. The van der Waals surface area contributed by atoms with Crippen molar-refractivity contribution in [3.05, 3.63) is 24.3 Å². The minimum absolute atomic E-state index is 0.198. The monoisotopic (exact) mass is 280 g/mol. The van der Waals surface area contributed by atoms with E-state index in [1.807, 2.05) is 24.3 Å². The van der Waals surface area contributed by atoms with E-state index in [1.54, 1.807) is 18.7 Å². The first-order chi connectivity index (χ1) is 9.17. The Morgan fingerprint density at radius 2 is 2.21 bits per heavy atom. The summed E-state index contributed by atoms with van der Waals surface area (Å²) in [6.45, 7) is 1.80. The second kappa shape index (κ2) is 6.10. The van der Waals surface area contributed by atoms with Crippen LogP contribution in [-0.4, -0.2) is 30.7 Å². The Labute approximate surface area is 116 Å². The van der Waals surface area contributed by atoms with Crippen LogP contribution in [0, 0.1) is 5.92 Å². The number of Topliss-reactive ketones (excluding diaryl/α,β-unsaturated/α-hetero) is 1. The molecular formula is C14H16O4S. The summed E-state index contributed by atoms with van der Waals surface area (Å²) in [5, 5.41) is 0. The highest BCUT2D eigenvalue weighted by Crippen LogP contribution is 2.35. The molecule has 2 unspecified atom stereocenters. The number of para-hydroxylation sites is 1. The minimum Gasteiger partial charge on any atom is -0.481 e. The molecule has 0 aromatic heterocycles. The Balaban J connectivity index is 2.12. The van der Waals surface area contributed by atoms with E-state index in [1.165, 1.54) is 7.11 Å². The van der Waals surface area contributed by atoms with Gasteiger partial charge in [-0.15, -0.1) is 11.8 Å². The number of thioether (sulfide) groups is 1. The Morgan fingerprint density at radius 3 is 2.89 bits per heavy atom. The average Bonchev–Trinajstić information content (AvgIpc) is 2.47.